The highest BCUT2D eigenvalue weighted by molar-refractivity contribution is 6.75. The summed E-state index contributed by atoms with van der Waals surface area (Å²) in [6, 6.07) is 0. The summed E-state index contributed by atoms with van der Waals surface area (Å²) in [5.41, 5.74) is 0. The number of carbonyl (C=O) groups excluding carboxylic acids is 1. The Morgan fingerprint density at radius 3 is 1.37 bits per heavy atom. The highest BCUT2D eigenvalue weighted by Crippen LogP contribution is 2.43. The summed E-state index contributed by atoms with van der Waals surface area (Å²) in [5.74, 6) is -0.239. The molecule has 1 aliphatic rings. The largest absolute Gasteiger partial charge is 0.459 e. The Morgan fingerprint density at radius 2 is 0.962 bits per heavy atom. The van der Waals surface area contributed by atoms with Crippen molar-refractivity contribution in [3.05, 3.63) is 12.2 Å². The molecule has 1 aliphatic heterocycles. The molecule has 5 nitrogen and oxygen atoms in total. The predicted octanol–water partition coefficient (Wildman–Crippen LogP) is 14.7. The smallest absolute Gasteiger partial charge is 0.330 e. The van der Waals surface area contributed by atoms with Gasteiger partial charge in [0.25, 0.3) is 0 Å². The summed E-state index contributed by atoms with van der Waals surface area (Å²) in [7, 11) is -6.24. The fourth-order valence-corrected chi connectivity index (χ4v) is 10.5. The lowest BCUT2D eigenvalue weighted by molar-refractivity contribution is -0.145. The van der Waals surface area contributed by atoms with Crippen molar-refractivity contribution in [2.75, 3.05) is 0 Å². The molecule has 4 atom stereocenters. The van der Waals surface area contributed by atoms with E-state index in [1.807, 2.05) is 6.08 Å². The summed E-state index contributed by atoms with van der Waals surface area (Å²) >= 11 is 0. The molecule has 0 fully saturated rings. The molecule has 0 aromatic carbocycles. The van der Waals surface area contributed by atoms with Crippen molar-refractivity contribution in [3.8, 4) is 0 Å². The van der Waals surface area contributed by atoms with Gasteiger partial charge in [0.1, 0.15) is 6.10 Å². The first-order valence-corrected chi connectivity index (χ1v) is 30.4. The Kier molecular flexibility index (Phi) is 21.5. The molecule has 1 rings (SSSR count). The third-order valence-electron chi connectivity index (χ3n) is 12.9. The van der Waals surface area contributed by atoms with E-state index in [2.05, 4.69) is 109 Å². The molecule has 8 heteroatoms. The second kappa shape index (κ2) is 22.5. The zero-order valence-corrected chi connectivity index (χ0v) is 40.7. The van der Waals surface area contributed by atoms with Crippen LogP contribution < -0.4 is 0 Å². The van der Waals surface area contributed by atoms with Gasteiger partial charge in [0.05, 0.1) is 6.10 Å². The molecule has 0 aromatic rings. The molecule has 0 saturated carbocycles. The zero-order chi connectivity index (χ0) is 39.9. The van der Waals surface area contributed by atoms with Crippen molar-refractivity contribution in [1.82, 2.24) is 0 Å². The van der Waals surface area contributed by atoms with Gasteiger partial charge in [-0.25, -0.2) is 4.79 Å². The SMILES string of the molecule is CCCCCCCCCCCCCCC[C@@H](C[C@@H](C[C@@H](C[C@@H]1CC=CC(=O)O1)O[Si](C)(C)C(C)(C)C)O[Si](C)(C)C(C)(C)C)O[Si](C)(C)C(C)(C)C. The molecule has 0 aromatic heterocycles. The summed E-state index contributed by atoms with van der Waals surface area (Å²) in [4.78, 5) is 12.3. The van der Waals surface area contributed by atoms with Gasteiger partial charge < -0.3 is 18.0 Å². The van der Waals surface area contributed by atoms with Gasteiger partial charge in [0.15, 0.2) is 25.0 Å². The van der Waals surface area contributed by atoms with Crippen molar-refractivity contribution in [3.63, 3.8) is 0 Å². The number of rotatable bonds is 26. The average molecular weight is 783 g/mol. The number of esters is 1. The van der Waals surface area contributed by atoms with Crippen LogP contribution in [0.15, 0.2) is 12.2 Å². The van der Waals surface area contributed by atoms with Crippen LogP contribution in [0.2, 0.25) is 54.4 Å². The van der Waals surface area contributed by atoms with Crippen LogP contribution in [-0.2, 0) is 22.8 Å². The van der Waals surface area contributed by atoms with Crippen LogP contribution in [0.3, 0.4) is 0 Å². The van der Waals surface area contributed by atoms with Gasteiger partial charge in [0.2, 0.25) is 0 Å². The minimum absolute atomic E-state index is 0.0160. The maximum Gasteiger partial charge on any atom is 0.330 e. The molecule has 52 heavy (non-hydrogen) atoms. The molecule has 0 N–H and O–H groups in total. The van der Waals surface area contributed by atoms with E-state index in [-0.39, 0.29) is 45.5 Å². The lowest BCUT2D eigenvalue weighted by Gasteiger charge is -2.45. The van der Waals surface area contributed by atoms with E-state index < -0.39 is 25.0 Å². The van der Waals surface area contributed by atoms with Gasteiger partial charge in [-0.05, 0) is 73.7 Å². The van der Waals surface area contributed by atoms with Gasteiger partial charge in [-0.1, -0.05) is 159 Å². The highest BCUT2D eigenvalue weighted by atomic mass is 28.4. The summed E-state index contributed by atoms with van der Waals surface area (Å²) in [6.07, 6.45) is 25.4. The number of hydrogen-bond donors (Lipinski definition) is 0. The molecule has 1 heterocycles. The Balaban J connectivity index is 3.17. The second-order valence-corrected chi connectivity index (χ2v) is 35.2. The van der Waals surface area contributed by atoms with Crippen LogP contribution in [0, 0.1) is 0 Å². The van der Waals surface area contributed by atoms with Crippen molar-refractivity contribution >= 4 is 30.9 Å². The quantitative estimate of drug-likeness (QED) is 0.0497. The molecule has 0 radical (unpaired) electrons. The van der Waals surface area contributed by atoms with Crippen molar-refractivity contribution < 1.29 is 22.8 Å². The van der Waals surface area contributed by atoms with Gasteiger partial charge in [-0.3, -0.25) is 0 Å². The predicted molar refractivity (Wildman–Crippen MR) is 234 cm³/mol. The number of carbonyl (C=O) groups is 1. The van der Waals surface area contributed by atoms with E-state index in [0.29, 0.717) is 6.42 Å². The maximum atomic E-state index is 12.3. The molecule has 0 spiro atoms. The van der Waals surface area contributed by atoms with E-state index in [9.17, 15) is 4.79 Å². The van der Waals surface area contributed by atoms with Crippen LogP contribution in [-0.4, -0.2) is 55.3 Å². The summed E-state index contributed by atoms with van der Waals surface area (Å²) < 4.78 is 27.7. The molecule has 0 aliphatic carbocycles. The molecular formula is C44H90O5Si3. The minimum Gasteiger partial charge on any atom is -0.459 e. The first-order valence-electron chi connectivity index (χ1n) is 21.7. The van der Waals surface area contributed by atoms with Crippen molar-refractivity contribution in [1.29, 1.82) is 0 Å². The van der Waals surface area contributed by atoms with Crippen LogP contribution in [0.1, 0.15) is 185 Å². The molecular weight excluding hydrogens is 693 g/mol. The van der Waals surface area contributed by atoms with Crippen LogP contribution in [0.5, 0.6) is 0 Å². The molecule has 308 valence electrons. The first kappa shape index (κ1) is 49.8. The third kappa shape index (κ3) is 19.1. The van der Waals surface area contributed by atoms with Crippen LogP contribution >= 0.6 is 0 Å². The Bertz CT molecular complexity index is 1020. The Hall–Kier alpha value is -0.259. The normalized spacial score (nSPS) is 18.4. The topological polar surface area (TPSA) is 54.0 Å². The summed E-state index contributed by atoms with van der Waals surface area (Å²) in [6.45, 7) is 37.6. The van der Waals surface area contributed by atoms with Crippen molar-refractivity contribution in [2.24, 2.45) is 0 Å². The third-order valence-corrected chi connectivity index (χ3v) is 26.6. The lowest BCUT2D eigenvalue weighted by atomic mass is 9.97. The number of hydrogen-bond acceptors (Lipinski definition) is 5. The first-order chi connectivity index (χ1) is 23.8. The Morgan fingerprint density at radius 1 is 0.596 bits per heavy atom. The van der Waals surface area contributed by atoms with E-state index >= 15 is 0 Å². The molecule has 0 saturated heterocycles. The fraction of sp³-hybridized carbons (Fsp3) is 0.932. The van der Waals surface area contributed by atoms with E-state index in [4.69, 9.17) is 18.0 Å². The van der Waals surface area contributed by atoms with Gasteiger partial charge in [-0.2, -0.15) is 0 Å². The number of cyclic esters (lactones) is 1. The van der Waals surface area contributed by atoms with Gasteiger partial charge in [0, 0.05) is 31.1 Å². The van der Waals surface area contributed by atoms with Crippen molar-refractivity contribution in [2.45, 2.75) is 264 Å². The number of unbranched alkanes of at least 4 members (excludes halogenated alkanes) is 12. The Labute approximate surface area is 328 Å². The van der Waals surface area contributed by atoms with E-state index in [0.717, 1.165) is 25.7 Å². The lowest BCUT2D eigenvalue weighted by Crippen LogP contribution is -2.49. The van der Waals surface area contributed by atoms with E-state index in [1.54, 1.807) is 6.08 Å². The van der Waals surface area contributed by atoms with Crippen LogP contribution in [0.25, 0.3) is 0 Å². The molecule has 0 amide bonds. The van der Waals surface area contributed by atoms with Crippen LogP contribution in [0.4, 0.5) is 0 Å². The van der Waals surface area contributed by atoms with Gasteiger partial charge >= 0.3 is 5.97 Å². The maximum absolute atomic E-state index is 12.3. The minimum atomic E-state index is -2.11. The summed E-state index contributed by atoms with van der Waals surface area (Å²) in [5, 5.41) is 0.311. The average Bonchev–Trinajstić information content (AvgIpc) is 2.97. The van der Waals surface area contributed by atoms with E-state index in [1.165, 1.54) is 83.5 Å². The standard InChI is InChI=1S/C44H90O5Si3/c1-17-18-19-20-21-22-23-24-25-26-27-28-29-31-38(47-50(11,12)42(2,3)4)35-40(49-52(15,16)44(8,9)10)36-39(48-51(13,14)43(5,6)7)34-37-32-30-33-41(45)46-37/h30,33,37-40H,17-29,31-32,34-36H2,1-16H3/t37-,38-,39+,40-/m0/s1. The fourth-order valence-electron chi connectivity index (χ4n) is 6.37. The van der Waals surface area contributed by atoms with Gasteiger partial charge in [-0.15, -0.1) is 0 Å². The molecule has 0 bridgehead atoms. The highest BCUT2D eigenvalue weighted by Gasteiger charge is 2.44. The zero-order valence-electron chi connectivity index (χ0n) is 37.7. The second-order valence-electron chi connectivity index (χ2n) is 20.9. The molecule has 0 unspecified atom stereocenters. The monoisotopic (exact) mass is 783 g/mol. The number of ether oxygens (including phenoxy) is 1.